The van der Waals surface area contributed by atoms with Gasteiger partial charge in [-0.15, -0.1) is 0 Å². The first-order valence-corrected chi connectivity index (χ1v) is 10.00. The van der Waals surface area contributed by atoms with E-state index in [9.17, 15) is 0 Å². The van der Waals surface area contributed by atoms with Crippen LogP contribution >= 0.6 is 0 Å². The molecule has 0 amide bonds. The lowest BCUT2D eigenvalue weighted by Gasteiger charge is -2.12. The van der Waals surface area contributed by atoms with Crippen LogP contribution in [0.3, 0.4) is 0 Å². The zero-order chi connectivity index (χ0) is 19.5. The van der Waals surface area contributed by atoms with Gasteiger partial charge in [0.25, 0.3) is 0 Å². The van der Waals surface area contributed by atoms with Crippen LogP contribution in [0.2, 0.25) is 0 Å². The van der Waals surface area contributed by atoms with Gasteiger partial charge in [0.1, 0.15) is 11.6 Å². The van der Waals surface area contributed by atoms with Gasteiger partial charge in [0.05, 0.1) is 0 Å². The molecule has 0 unspecified atom stereocenters. The van der Waals surface area contributed by atoms with Gasteiger partial charge < -0.3 is 10.6 Å². The van der Waals surface area contributed by atoms with Crippen molar-refractivity contribution in [2.75, 3.05) is 13.6 Å². The monoisotopic (exact) mass is 370 g/mol. The third kappa shape index (κ3) is 7.41. The fourth-order valence-corrected chi connectivity index (χ4v) is 2.93. The highest BCUT2D eigenvalue weighted by Crippen LogP contribution is 2.09. The summed E-state index contributed by atoms with van der Waals surface area (Å²) >= 11 is 0. The molecule has 0 aliphatic heterocycles. The molecule has 2 N–H and O–H groups in total. The van der Waals surface area contributed by atoms with Crippen LogP contribution in [0.25, 0.3) is 5.82 Å². The highest BCUT2D eigenvalue weighted by atomic mass is 15.2. The van der Waals surface area contributed by atoms with E-state index in [2.05, 4.69) is 45.5 Å². The normalized spacial score (nSPS) is 11.8. The molecule has 2 heterocycles. The van der Waals surface area contributed by atoms with E-state index >= 15 is 0 Å². The number of hydrogen-bond donors (Lipinski definition) is 2. The van der Waals surface area contributed by atoms with Crippen molar-refractivity contribution in [3.8, 4) is 5.82 Å². The molecule has 0 aliphatic carbocycles. The minimum Gasteiger partial charge on any atom is -0.356 e. The summed E-state index contributed by atoms with van der Waals surface area (Å²) in [4.78, 5) is 13.0. The molecule has 2 aromatic rings. The maximum Gasteiger partial charge on any atom is 0.191 e. The second-order valence-electron chi connectivity index (χ2n) is 7.32. The molecular weight excluding hydrogens is 336 g/mol. The maximum atomic E-state index is 4.52. The molecule has 148 valence electrons. The molecule has 0 bridgehead atoms. The molecule has 27 heavy (non-hydrogen) atoms. The van der Waals surface area contributed by atoms with E-state index in [-0.39, 0.29) is 0 Å². The Bertz CT molecular complexity index is 687. The van der Waals surface area contributed by atoms with Gasteiger partial charge in [-0.3, -0.25) is 9.56 Å². The van der Waals surface area contributed by atoms with Gasteiger partial charge in [0, 0.05) is 38.7 Å². The van der Waals surface area contributed by atoms with Crippen LogP contribution in [0.4, 0.5) is 0 Å². The molecule has 6 heteroatoms. The van der Waals surface area contributed by atoms with Crippen molar-refractivity contribution in [3.63, 3.8) is 0 Å². The van der Waals surface area contributed by atoms with Crippen LogP contribution < -0.4 is 10.6 Å². The lowest BCUT2D eigenvalue weighted by molar-refractivity contribution is 0.518. The van der Waals surface area contributed by atoms with Crippen LogP contribution in [0, 0.1) is 12.8 Å². The fraction of sp³-hybridized carbons (Fsp3) is 0.571. The van der Waals surface area contributed by atoms with E-state index in [4.69, 9.17) is 0 Å². The maximum absolute atomic E-state index is 4.52. The molecule has 0 saturated heterocycles. The summed E-state index contributed by atoms with van der Waals surface area (Å²) in [6.07, 6.45) is 12.0. The van der Waals surface area contributed by atoms with Gasteiger partial charge in [-0.25, -0.2) is 9.97 Å². The molecule has 2 rings (SSSR count). The van der Waals surface area contributed by atoms with Gasteiger partial charge in [-0.1, -0.05) is 45.6 Å². The van der Waals surface area contributed by atoms with E-state index in [1.54, 1.807) is 13.2 Å². The Morgan fingerprint density at radius 1 is 1.11 bits per heavy atom. The summed E-state index contributed by atoms with van der Waals surface area (Å²) in [6, 6.07) is 4.09. The number of aliphatic imine (C=N–C) groups is 1. The average Bonchev–Trinajstić information content (AvgIpc) is 3.09. The lowest BCUT2D eigenvalue weighted by atomic mass is 10.0. The number of nitrogens with zero attached hydrogens (tertiary/aromatic N) is 4. The quantitative estimate of drug-likeness (QED) is 0.379. The van der Waals surface area contributed by atoms with E-state index in [0.717, 1.165) is 35.6 Å². The second-order valence-corrected chi connectivity index (χ2v) is 7.32. The average molecular weight is 371 g/mol. The molecule has 2 aromatic heterocycles. The number of nitrogens with one attached hydrogen (secondary N) is 2. The number of guanidine groups is 1. The third-order valence-corrected chi connectivity index (χ3v) is 4.57. The topological polar surface area (TPSA) is 67.1 Å². The fourth-order valence-electron chi connectivity index (χ4n) is 2.93. The van der Waals surface area contributed by atoms with Gasteiger partial charge >= 0.3 is 0 Å². The largest absolute Gasteiger partial charge is 0.356 e. The minimum absolute atomic E-state index is 0.699. The summed E-state index contributed by atoms with van der Waals surface area (Å²) in [5.41, 5.74) is 1.12. The molecule has 0 radical (unpaired) electrons. The molecule has 0 fully saturated rings. The Morgan fingerprint density at radius 2 is 1.93 bits per heavy atom. The Balaban J connectivity index is 1.67. The van der Waals surface area contributed by atoms with E-state index in [1.165, 1.54) is 32.1 Å². The first-order chi connectivity index (χ1) is 13.1. The molecule has 0 saturated carbocycles. The van der Waals surface area contributed by atoms with Crippen molar-refractivity contribution in [3.05, 3.63) is 42.1 Å². The molecule has 0 aromatic carbocycles. The van der Waals surface area contributed by atoms with Crippen molar-refractivity contribution in [2.45, 2.75) is 59.4 Å². The highest BCUT2D eigenvalue weighted by Gasteiger charge is 2.03. The van der Waals surface area contributed by atoms with Gasteiger partial charge in [-0.2, -0.15) is 0 Å². The predicted octanol–water partition coefficient (Wildman–Crippen LogP) is 3.85. The number of pyridine rings is 1. The number of unbranched alkanes of at least 4 members (excludes halogenated alkanes) is 3. The van der Waals surface area contributed by atoms with Crippen LogP contribution in [-0.4, -0.2) is 34.1 Å². The first-order valence-electron chi connectivity index (χ1n) is 10.00. The standard InChI is InChI=1S/C21H34N6/c1-17(2)9-7-5-6-8-12-24-21(22-4)26-16-19-10-11-20(25-15-19)27-14-13-23-18(27)3/h10-11,13-15,17H,5-9,12,16H2,1-4H3,(H2,22,24,26). The minimum atomic E-state index is 0.699. The summed E-state index contributed by atoms with van der Waals surface area (Å²) < 4.78 is 1.97. The Labute approximate surface area is 163 Å². The third-order valence-electron chi connectivity index (χ3n) is 4.57. The van der Waals surface area contributed by atoms with Crippen molar-refractivity contribution in [1.29, 1.82) is 0 Å². The molecular formula is C21H34N6. The number of aromatic nitrogens is 3. The molecule has 0 aliphatic rings. The van der Waals surface area contributed by atoms with Crippen LogP contribution in [0.5, 0.6) is 0 Å². The Morgan fingerprint density at radius 3 is 2.56 bits per heavy atom. The van der Waals surface area contributed by atoms with E-state index < -0.39 is 0 Å². The number of imidazole rings is 1. The number of hydrogen-bond acceptors (Lipinski definition) is 3. The Hall–Kier alpha value is -2.37. The van der Waals surface area contributed by atoms with Gasteiger partial charge in [0.15, 0.2) is 5.96 Å². The van der Waals surface area contributed by atoms with Crippen LogP contribution in [0.1, 0.15) is 57.3 Å². The van der Waals surface area contributed by atoms with E-state index in [0.29, 0.717) is 6.54 Å². The Kier molecular flexibility index (Phi) is 8.81. The summed E-state index contributed by atoms with van der Waals surface area (Å²) in [6.45, 7) is 8.21. The molecule has 6 nitrogen and oxygen atoms in total. The highest BCUT2D eigenvalue weighted by molar-refractivity contribution is 5.79. The number of aryl methyl sites for hydroxylation is 1. The molecule has 0 spiro atoms. The molecule has 0 atom stereocenters. The predicted molar refractivity (Wildman–Crippen MR) is 112 cm³/mol. The SMILES string of the molecule is CN=C(NCCCCCCC(C)C)NCc1ccc(-n2ccnc2C)nc1. The zero-order valence-electron chi connectivity index (χ0n) is 17.2. The van der Waals surface area contributed by atoms with Crippen molar-refractivity contribution >= 4 is 5.96 Å². The van der Waals surface area contributed by atoms with Gasteiger partial charge in [-0.05, 0) is 30.9 Å². The van der Waals surface area contributed by atoms with Gasteiger partial charge in [0.2, 0.25) is 0 Å². The van der Waals surface area contributed by atoms with Crippen molar-refractivity contribution in [1.82, 2.24) is 25.2 Å². The van der Waals surface area contributed by atoms with E-state index in [1.807, 2.05) is 30.0 Å². The zero-order valence-corrected chi connectivity index (χ0v) is 17.2. The van der Waals surface area contributed by atoms with Crippen molar-refractivity contribution in [2.24, 2.45) is 10.9 Å². The second kappa shape index (κ2) is 11.4. The van der Waals surface area contributed by atoms with Crippen LogP contribution in [0.15, 0.2) is 35.7 Å². The smallest absolute Gasteiger partial charge is 0.191 e. The van der Waals surface area contributed by atoms with Crippen LogP contribution in [-0.2, 0) is 6.54 Å². The summed E-state index contributed by atoms with van der Waals surface area (Å²) in [5.74, 6) is 3.47. The lowest BCUT2D eigenvalue weighted by Crippen LogP contribution is -2.37. The van der Waals surface area contributed by atoms with Crippen molar-refractivity contribution < 1.29 is 0 Å². The first kappa shape index (κ1) is 20.9. The number of rotatable bonds is 10. The summed E-state index contributed by atoms with van der Waals surface area (Å²) in [7, 11) is 1.81. The summed E-state index contributed by atoms with van der Waals surface area (Å²) in [5, 5.41) is 6.73.